The van der Waals surface area contributed by atoms with Crippen LogP contribution in [0.15, 0.2) is 158 Å². The van der Waals surface area contributed by atoms with Crippen LogP contribution in [-0.2, 0) is 21.7 Å². The highest BCUT2D eigenvalue weighted by Crippen LogP contribution is 2.44. The third kappa shape index (κ3) is 13.7. The van der Waals surface area contributed by atoms with Crippen molar-refractivity contribution >= 4 is 141 Å². The highest BCUT2D eigenvalue weighted by atomic mass is 16.4. The first-order valence-electron chi connectivity index (χ1n) is 39.4. The molecule has 24 bridgehead atoms. The van der Waals surface area contributed by atoms with Crippen LogP contribution in [0.25, 0.3) is 129 Å². The third-order valence-corrected chi connectivity index (χ3v) is 24.7. The normalized spacial score (nSPS) is 12.3. The van der Waals surface area contributed by atoms with E-state index in [0.29, 0.717) is 21.5 Å². The van der Waals surface area contributed by atoms with E-state index in [4.69, 9.17) is 0 Å². The van der Waals surface area contributed by atoms with Gasteiger partial charge in [-0.05, 0) is 397 Å². The Balaban J connectivity index is 1.19. The molecule has 0 radical (unpaired) electrons. The summed E-state index contributed by atoms with van der Waals surface area (Å²) in [6, 6.07) is 58.2. The number of aromatic carboxylic acids is 2. The monoisotopic (exact) mass is 1450 g/mol. The average molecular weight is 1450 g/mol. The van der Waals surface area contributed by atoms with Gasteiger partial charge >= 0.3 is 11.9 Å². The maximum absolute atomic E-state index is 14.1. The zero-order valence-electron chi connectivity index (χ0n) is 70.7. The van der Waals surface area contributed by atoms with E-state index in [2.05, 4.69) is 315 Å². The molecule has 0 aliphatic rings. The van der Waals surface area contributed by atoms with Gasteiger partial charge in [-0.25, -0.2) is 9.59 Å². The molecule has 0 unspecified atom stereocenters. The Hall–Kier alpha value is -10.4. The number of benzene rings is 12. The van der Waals surface area contributed by atoms with Crippen LogP contribution in [0.1, 0.15) is 215 Å². The van der Waals surface area contributed by atoms with Gasteiger partial charge < -0.3 is 10.2 Å². The molecule has 110 heavy (non-hydrogen) atoms. The van der Waals surface area contributed by atoms with Gasteiger partial charge in [0.2, 0.25) is 0 Å². The van der Waals surface area contributed by atoms with E-state index in [1.165, 1.54) is 110 Å². The van der Waals surface area contributed by atoms with Crippen LogP contribution in [0.3, 0.4) is 0 Å². The van der Waals surface area contributed by atoms with Crippen LogP contribution in [0.4, 0.5) is 0 Å². The summed E-state index contributed by atoms with van der Waals surface area (Å²) in [5.74, 6) is -1.93. The molecule has 0 aromatic heterocycles. The summed E-state index contributed by atoms with van der Waals surface area (Å²) in [7, 11) is 0. The molecule has 560 valence electrons. The van der Waals surface area contributed by atoms with E-state index >= 15 is 0 Å². The lowest BCUT2D eigenvalue weighted by atomic mass is 9.82. The summed E-state index contributed by atoms with van der Waals surface area (Å²) < 4.78 is 0. The molecule has 0 heterocycles. The van der Waals surface area contributed by atoms with E-state index in [-0.39, 0.29) is 32.8 Å². The van der Waals surface area contributed by atoms with E-state index in [0.717, 1.165) is 109 Å². The second kappa shape index (κ2) is 27.9. The maximum Gasteiger partial charge on any atom is 0.336 e. The lowest BCUT2D eigenvalue weighted by Crippen LogP contribution is -2.11. The molecule has 28 aromatic rings. The summed E-state index contributed by atoms with van der Waals surface area (Å²) >= 11 is 0. The molecule has 28 rings (SSSR count). The number of carboxylic acids is 2. The molecule has 0 saturated heterocycles. The van der Waals surface area contributed by atoms with Crippen molar-refractivity contribution < 1.29 is 19.8 Å². The molecule has 4 heteroatoms. The Morgan fingerprint density at radius 3 is 0.491 bits per heavy atom. The molecule has 0 aliphatic heterocycles. The first kappa shape index (κ1) is 77.7. The Morgan fingerprint density at radius 1 is 0.209 bits per heavy atom. The fourth-order valence-electron chi connectivity index (χ4n) is 18.6. The maximum atomic E-state index is 14.1. The molecule has 0 fully saturated rings. The minimum atomic E-state index is -0.963. The second-order valence-corrected chi connectivity index (χ2v) is 36.7. The number of carbonyl (C=O) groups is 2. The van der Waals surface area contributed by atoms with Crippen molar-refractivity contribution in [1.29, 1.82) is 0 Å². The fourth-order valence-corrected chi connectivity index (χ4v) is 18.6. The first-order valence-corrected chi connectivity index (χ1v) is 39.4. The second-order valence-electron chi connectivity index (χ2n) is 36.7. The predicted molar refractivity (Wildman–Crippen MR) is 480 cm³/mol. The number of hydrogen-bond donors (Lipinski definition) is 2. The SMILES string of the molecule is Cc1cc2cc(C)c1c1cc(C(C)(C)C)cc(c1)c1c(C)c(C)c(c(C)c1C)c1cc(C(C)(C)C)cc(c1)c1c(C)cc(cc1C)c1cccc(c1C(=O)O)c1cc(C)c(c(C)c1)c1cc(C(C)(C)C)cc(c1)c1c(C)c(C)c(c(C)c1C)c1cc(C(C)(C)C)cc(c1)c1c(C)cc(cc1C)c1cccc2c1C(=O)O. The lowest BCUT2D eigenvalue weighted by Gasteiger charge is -2.22. The van der Waals surface area contributed by atoms with Crippen LogP contribution in [-0.4, -0.2) is 22.2 Å². The van der Waals surface area contributed by atoms with E-state index in [1.54, 1.807) is 0 Å². The van der Waals surface area contributed by atoms with Gasteiger partial charge in [-0.15, -0.1) is 0 Å². The minimum Gasteiger partial charge on any atom is -0.478 e. The van der Waals surface area contributed by atoms with Gasteiger partial charge in [0.1, 0.15) is 0 Å². The lowest BCUT2D eigenvalue weighted by molar-refractivity contribution is 0.0690. The highest BCUT2D eigenvalue weighted by Gasteiger charge is 2.25. The summed E-state index contributed by atoms with van der Waals surface area (Å²) in [6.07, 6.45) is 0. The van der Waals surface area contributed by atoms with Gasteiger partial charge in [-0.3, -0.25) is 0 Å². The summed E-state index contributed by atoms with van der Waals surface area (Å²) in [5, 5.41) is 48.0. The zero-order chi connectivity index (χ0) is 80.1. The van der Waals surface area contributed by atoms with Crippen molar-refractivity contribution in [1.82, 2.24) is 0 Å². The number of aryl methyl sites for hydroxylation is 16. The van der Waals surface area contributed by atoms with E-state index in [9.17, 15) is 19.8 Å². The summed E-state index contributed by atoms with van der Waals surface area (Å²) in [5.41, 5.74) is 23.2. The van der Waals surface area contributed by atoms with Crippen LogP contribution in [0, 0.1) is 111 Å². The summed E-state index contributed by atoms with van der Waals surface area (Å²) in [6.45, 7) is 63.3. The van der Waals surface area contributed by atoms with Crippen molar-refractivity contribution in [3.8, 4) is 0 Å². The largest absolute Gasteiger partial charge is 0.478 e. The third-order valence-electron chi connectivity index (χ3n) is 24.7. The highest BCUT2D eigenvalue weighted by molar-refractivity contribution is 6.17. The zero-order valence-corrected chi connectivity index (χ0v) is 70.7. The molecule has 28 aromatic carbocycles. The van der Waals surface area contributed by atoms with Gasteiger partial charge in [0, 0.05) is 0 Å². The smallest absolute Gasteiger partial charge is 0.336 e. The Labute approximate surface area is 652 Å². The fraction of sp³-hybridized carbons (Fsp3) is 0.302. The molecule has 4 nitrogen and oxygen atoms in total. The average Bonchev–Trinajstić information content (AvgIpc) is 0.749. The van der Waals surface area contributed by atoms with Gasteiger partial charge in [0.15, 0.2) is 0 Å². The van der Waals surface area contributed by atoms with Gasteiger partial charge in [0.25, 0.3) is 0 Å². The van der Waals surface area contributed by atoms with Gasteiger partial charge in [0.05, 0.1) is 11.1 Å². The van der Waals surface area contributed by atoms with E-state index < -0.39 is 11.9 Å². The van der Waals surface area contributed by atoms with Crippen LogP contribution in [0.2, 0.25) is 0 Å². The van der Waals surface area contributed by atoms with Crippen LogP contribution in [0.5, 0.6) is 0 Å². The predicted octanol–water partition coefficient (Wildman–Crippen LogP) is 30.1. The van der Waals surface area contributed by atoms with Crippen molar-refractivity contribution in [2.24, 2.45) is 0 Å². The molecule has 2 N–H and O–H groups in total. The molecular weight excluding hydrogens is 1340 g/mol. The number of carboxylic acid groups (broad SMARTS) is 2. The van der Waals surface area contributed by atoms with Crippen molar-refractivity contribution in [2.45, 2.75) is 216 Å². The Morgan fingerprint density at radius 2 is 0.355 bits per heavy atom. The van der Waals surface area contributed by atoms with E-state index in [1.807, 2.05) is 36.4 Å². The van der Waals surface area contributed by atoms with Crippen molar-refractivity contribution in [2.75, 3.05) is 0 Å². The summed E-state index contributed by atoms with van der Waals surface area (Å²) in [4.78, 5) is 28.2. The van der Waals surface area contributed by atoms with Gasteiger partial charge in [-0.2, -0.15) is 0 Å². The van der Waals surface area contributed by atoms with Gasteiger partial charge in [-0.1, -0.05) is 217 Å². The molecular formula is C106H112O4. The van der Waals surface area contributed by atoms with Crippen LogP contribution < -0.4 is 0 Å². The standard InChI is InChI=1S/C106H112O4/c1-55-35-71-36-56(2)91(55)75-43-79(51-83(47-75)103(17,18)19)95-63(9)65(11)96(66(12)64(95)10)80-44-77(49-84(52-80)104(20,21)22)93-59(5)39-73(40-60(93)6)89-33-30-34-90(100(89)102(109)110)74-41-61(7)94(62(8)42-74)78-46-82(54-86(50-78)106(26,27)28)98-69(15)67(13)97(68(14)70(98)16)81-45-76(48-85(53-81)105(23,24)25)92-57(3)37-72(38-58(92)4)88-32-29-31-87(71)99(88)101(107)108/h29-54H,1-28H3,(H,107,108)(H,109,110). The Bertz CT molecular complexity index is 5700. The molecule has 0 saturated carbocycles. The number of rotatable bonds is 2. The molecule has 0 atom stereocenters. The van der Waals surface area contributed by atoms with Crippen molar-refractivity contribution in [3.63, 3.8) is 0 Å². The first-order chi connectivity index (χ1) is 51.3. The molecule has 0 aliphatic carbocycles. The van der Waals surface area contributed by atoms with Crippen molar-refractivity contribution in [3.05, 3.63) is 280 Å². The Kier molecular flexibility index (Phi) is 19.7. The molecule has 0 spiro atoms. The number of hydrogen-bond acceptors (Lipinski definition) is 2. The topological polar surface area (TPSA) is 74.6 Å². The minimum absolute atomic E-state index is 0.185. The van der Waals surface area contributed by atoms with Crippen LogP contribution >= 0.6 is 0 Å². The molecule has 0 amide bonds. The quantitative estimate of drug-likeness (QED) is 0.181.